The molecular formula is C14H20FN3. The predicted octanol–water partition coefficient (Wildman–Crippen LogP) is 2.38. The lowest BCUT2D eigenvalue weighted by Gasteiger charge is -2.09. The third-order valence-corrected chi connectivity index (χ3v) is 2.41. The Kier molecular flexibility index (Phi) is 5.91. The number of aliphatic imine (C=N–C) groups is 1. The van der Waals surface area contributed by atoms with Crippen LogP contribution in [0.1, 0.15) is 18.1 Å². The highest BCUT2D eigenvalue weighted by molar-refractivity contribution is 5.79. The molecule has 0 radical (unpaired) electrons. The minimum absolute atomic E-state index is 0.188. The predicted molar refractivity (Wildman–Crippen MR) is 74.2 cm³/mol. The monoisotopic (exact) mass is 249 g/mol. The third kappa shape index (κ3) is 4.57. The van der Waals surface area contributed by atoms with Crippen molar-refractivity contribution in [1.29, 1.82) is 0 Å². The van der Waals surface area contributed by atoms with Crippen molar-refractivity contribution in [1.82, 2.24) is 10.6 Å². The van der Waals surface area contributed by atoms with E-state index in [1.165, 1.54) is 6.07 Å². The molecule has 1 rings (SSSR count). The Balaban J connectivity index is 2.67. The van der Waals surface area contributed by atoms with E-state index in [2.05, 4.69) is 22.2 Å². The van der Waals surface area contributed by atoms with Gasteiger partial charge in [0.2, 0.25) is 0 Å². The maximum absolute atomic E-state index is 13.4. The van der Waals surface area contributed by atoms with Gasteiger partial charge in [-0.15, -0.1) is 6.58 Å². The first-order valence-corrected chi connectivity index (χ1v) is 6.05. The van der Waals surface area contributed by atoms with E-state index < -0.39 is 0 Å². The van der Waals surface area contributed by atoms with Gasteiger partial charge in [-0.1, -0.05) is 18.2 Å². The van der Waals surface area contributed by atoms with Crippen LogP contribution < -0.4 is 10.6 Å². The van der Waals surface area contributed by atoms with E-state index in [0.717, 1.165) is 12.1 Å². The molecule has 3 nitrogen and oxygen atoms in total. The number of hydrogen-bond donors (Lipinski definition) is 2. The van der Waals surface area contributed by atoms with Crippen molar-refractivity contribution in [2.45, 2.75) is 20.4 Å². The van der Waals surface area contributed by atoms with E-state index in [1.54, 1.807) is 19.1 Å². The number of hydrogen-bond acceptors (Lipinski definition) is 1. The number of nitrogens with zero attached hydrogens (tertiary/aromatic N) is 1. The molecule has 0 aromatic heterocycles. The molecule has 0 spiro atoms. The lowest BCUT2D eigenvalue weighted by atomic mass is 10.1. The zero-order valence-electron chi connectivity index (χ0n) is 11.0. The first kappa shape index (κ1) is 14.2. The van der Waals surface area contributed by atoms with Crippen LogP contribution in [0.4, 0.5) is 4.39 Å². The largest absolute Gasteiger partial charge is 0.357 e. The van der Waals surface area contributed by atoms with Gasteiger partial charge in [0.25, 0.3) is 0 Å². The average Bonchev–Trinajstić information content (AvgIpc) is 2.37. The molecule has 18 heavy (non-hydrogen) atoms. The highest BCUT2D eigenvalue weighted by Crippen LogP contribution is 2.09. The fourth-order valence-corrected chi connectivity index (χ4v) is 1.42. The van der Waals surface area contributed by atoms with Crippen molar-refractivity contribution in [3.8, 4) is 0 Å². The Hall–Kier alpha value is -1.84. The summed E-state index contributed by atoms with van der Waals surface area (Å²) in [6.07, 6.45) is 1.76. The Bertz CT molecular complexity index is 427. The van der Waals surface area contributed by atoms with Crippen LogP contribution in [0.25, 0.3) is 0 Å². The van der Waals surface area contributed by atoms with E-state index in [-0.39, 0.29) is 5.82 Å². The standard InChI is InChI=1S/C14H20FN3/c1-4-8-17-14(16-5-2)18-10-12-7-6-11(3)13(15)9-12/h4,6-7,9H,1,5,8,10H2,2-3H3,(H2,16,17,18). The molecule has 0 atom stereocenters. The summed E-state index contributed by atoms with van der Waals surface area (Å²) in [5.74, 6) is 0.519. The normalized spacial score (nSPS) is 11.2. The summed E-state index contributed by atoms with van der Waals surface area (Å²) in [5, 5.41) is 6.20. The Morgan fingerprint density at radius 2 is 2.22 bits per heavy atom. The van der Waals surface area contributed by atoms with Gasteiger partial charge >= 0.3 is 0 Å². The maximum Gasteiger partial charge on any atom is 0.191 e. The lowest BCUT2D eigenvalue weighted by molar-refractivity contribution is 0.616. The van der Waals surface area contributed by atoms with Gasteiger partial charge in [-0.05, 0) is 31.0 Å². The van der Waals surface area contributed by atoms with Crippen molar-refractivity contribution in [2.75, 3.05) is 13.1 Å². The van der Waals surface area contributed by atoms with Crippen LogP contribution in [0.15, 0.2) is 35.8 Å². The van der Waals surface area contributed by atoms with Crippen LogP contribution >= 0.6 is 0 Å². The minimum Gasteiger partial charge on any atom is -0.357 e. The van der Waals surface area contributed by atoms with Crippen molar-refractivity contribution in [3.05, 3.63) is 47.8 Å². The molecular weight excluding hydrogens is 229 g/mol. The molecule has 4 heteroatoms. The van der Waals surface area contributed by atoms with Crippen molar-refractivity contribution >= 4 is 5.96 Å². The minimum atomic E-state index is -0.188. The SMILES string of the molecule is C=CCNC(=NCc1ccc(C)c(F)c1)NCC. The molecule has 2 N–H and O–H groups in total. The topological polar surface area (TPSA) is 36.4 Å². The van der Waals surface area contributed by atoms with Crippen LogP contribution in [0, 0.1) is 12.7 Å². The highest BCUT2D eigenvalue weighted by Gasteiger charge is 2.00. The first-order chi connectivity index (χ1) is 8.67. The van der Waals surface area contributed by atoms with Gasteiger partial charge < -0.3 is 10.6 Å². The Morgan fingerprint density at radius 3 is 2.83 bits per heavy atom. The van der Waals surface area contributed by atoms with E-state index in [4.69, 9.17) is 0 Å². The van der Waals surface area contributed by atoms with Crippen LogP contribution in [-0.4, -0.2) is 19.0 Å². The zero-order chi connectivity index (χ0) is 13.4. The fraction of sp³-hybridized carbons (Fsp3) is 0.357. The van der Waals surface area contributed by atoms with Gasteiger partial charge in [0.1, 0.15) is 5.82 Å². The second-order valence-corrected chi connectivity index (χ2v) is 3.95. The second-order valence-electron chi connectivity index (χ2n) is 3.95. The molecule has 0 aliphatic carbocycles. The maximum atomic E-state index is 13.4. The molecule has 0 saturated heterocycles. The highest BCUT2D eigenvalue weighted by atomic mass is 19.1. The molecule has 98 valence electrons. The number of benzene rings is 1. The number of guanidine groups is 1. The van der Waals surface area contributed by atoms with Crippen molar-refractivity contribution in [2.24, 2.45) is 4.99 Å². The molecule has 0 amide bonds. The Labute approximate surface area is 108 Å². The molecule has 1 aromatic rings. The average molecular weight is 249 g/mol. The lowest BCUT2D eigenvalue weighted by Crippen LogP contribution is -2.37. The zero-order valence-corrected chi connectivity index (χ0v) is 11.0. The van der Waals surface area contributed by atoms with Gasteiger partial charge in [0.05, 0.1) is 6.54 Å². The van der Waals surface area contributed by atoms with E-state index in [0.29, 0.717) is 24.6 Å². The number of nitrogens with one attached hydrogen (secondary N) is 2. The molecule has 0 bridgehead atoms. The summed E-state index contributed by atoms with van der Waals surface area (Å²) in [7, 11) is 0. The summed E-state index contributed by atoms with van der Waals surface area (Å²) in [6.45, 7) is 9.26. The van der Waals surface area contributed by atoms with Gasteiger partial charge in [-0.25, -0.2) is 9.38 Å². The van der Waals surface area contributed by atoms with Crippen LogP contribution in [-0.2, 0) is 6.54 Å². The number of halogens is 1. The third-order valence-electron chi connectivity index (χ3n) is 2.41. The van der Waals surface area contributed by atoms with Gasteiger partial charge in [0, 0.05) is 13.1 Å². The van der Waals surface area contributed by atoms with Crippen LogP contribution in [0.2, 0.25) is 0 Å². The summed E-state index contributed by atoms with van der Waals surface area (Å²) in [4.78, 5) is 4.37. The van der Waals surface area contributed by atoms with Gasteiger partial charge in [-0.2, -0.15) is 0 Å². The second kappa shape index (κ2) is 7.48. The molecule has 0 heterocycles. The van der Waals surface area contributed by atoms with E-state index in [9.17, 15) is 4.39 Å². The summed E-state index contributed by atoms with van der Waals surface area (Å²) in [5.41, 5.74) is 1.51. The Morgan fingerprint density at radius 1 is 1.44 bits per heavy atom. The summed E-state index contributed by atoms with van der Waals surface area (Å²) >= 11 is 0. The summed E-state index contributed by atoms with van der Waals surface area (Å²) < 4.78 is 13.4. The number of rotatable bonds is 5. The molecule has 0 saturated carbocycles. The molecule has 0 fully saturated rings. The number of aryl methyl sites for hydroxylation is 1. The molecule has 1 aromatic carbocycles. The van der Waals surface area contributed by atoms with Crippen LogP contribution in [0.3, 0.4) is 0 Å². The summed E-state index contributed by atoms with van der Waals surface area (Å²) in [6, 6.07) is 5.18. The van der Waals surface area contributed by atoms with Gasteiger partial charge in [-0.3, -0.25) is 0 Å². The molecule has 0 aliphatic heterocycles. The smallest absolute Gasteiger partial charge is 0.191 e. The van der Waals surface area contributed by atoms with Crippen molar-refractivity contribution < 1.29 is 4.39 Å². The van der Waals surface area contributed by atoms with Crippen LogP contribution in [0.5, 0.6) is 0 Å². The molecule has 0 aliphatic rings. The molecule has 0 unspecified atom stereocenters. The first-order valence-electron chi connectivity index (χ1n) is 6.05. The fourth-order valence-electron chi connectivity index (χ4n) is 1.42. The van der Waals surface area contributed by atoms with Gasteiger partial charge in [0.15, 0.2) is 5.96 Å². The van der Waals surface area contributed by atoms with E-state index in [1.807, 2.05) is 13.0 Å². The quantitative estimate of drug-likeness (QED) is 0.477. The van der Waals surface area contributed by atoms with Crippen molar-refractivity contribution in [3.63, 3.8) is 0 Å². The van der Waals surface area contributed by atoms with E-state index >= 15 is 0 Å².